The fourth-order valence-corrected chi connectivity index (χ4v) is 4.28. The predicted octanol–water partition coefficient (Wildman–Crippen LogP) is 3.38. The Kier molecular flexibility index (Phi) is 4.29. The van der Waals surface area contributed by atoms with Crippen molar-refractivity contribution < 1.29 is 19.2 Å². The molecule has 0 aromatic heterocycles. The summed E-state index contributed by atoms with van der Waals surface area (Å²) < 4.78 is 0. The van der Waals surface area contributed by atoms with Gasteiger partial charge in [0.15, 0.2) is 11.6 Å². The second kappa shape index (κ2) is 7.02. The highest BCUT2D eigenvalue weighted by atomic mass is 16.2. The SMILES string of the molecule is CC(=O)N1Cc2ccccc2CN1C(=O)c1cccc2c1C(=O)c1ccccc1C2=O. The molecule has 0 saturated heterocycles. The molecule has 0 saturated carbocycles. The molecule has 2 aliphatic rings. The fourth-order valence-electron chi connectivity index (χ4n) is 4.28. The van der Waals surface area contributed by atoms with Crippen LogP contribution in [0.1, 0.15) is 60.3 Å². The molecule has 6 nitrogen and oxygen atoms in total. The van der Waals surface area contributed by atoms with E-state index >= 15 is 0 Å². The van der Waals surface area contributed by atoms with E-state index in [1.165, 1.54) is 16.9 Å². The lowest BCUT2D eigenvalue weighted by atomic mass is 9.81. The summed E-state index contributed by atoms with van der Waals surface area (Å²) in [6.45, 7) is 1.87. The van der Waals surface area contributed by atoms with E-state index in [9.17, 15) is 19.2 Å². The van der Waals surface area contributed by atoms with Crippen molar-refractivity contribution in [1.29, 1.82) is 0 Å². The molecule has 0 spiro atoms. The molecule has 2 amide bonds. The van der Waals surface area contributed by atoms with Crippen molar-refractivity contribution in [2.75, 3.05) is 0 Å². The zero-order valence-electron chi connectivity index (χ0n) is 16.8. The first-order valence-electron chi connectivity index (χ1n) is 9.95. The van der Waals surface area contributed by atoms with Gasteiger partial charge in [-0.3, -0.25) is 19.2 Å². The largest absolute Gasteiger partial charge is 0.289 e. The number of amides is 2. The summed E-state index contributed by atoms with van der Waals surface area (Å²) in [4.78, 5) is 52.2. The Bertz CT molecular complexity index is 1290. The van der Waals surface area contributed by atoms with Crippen LogP contribution in [-0.4, -0.2) is 33.4 Å². The molecule has 152 valence electrons. The summed E-state index contributed by atoms with van der Waals surface area (Å²) in [7, 11) is 0. The van der Waals surface area contributed by atoms with E-state index in [4.69, 9.17) is 0 Å². The Morgan fingerprint density at radius 1 is 0.677 bits per heavy atom. The lowest BCUT2D eigenvalue weighted by molar-refractivity contribution is -0.145. The minimum Gasteiger partial charge on any atom is -0.289 e. The van der Waals surface area contributed by atoms with Crippen LogP contribution >= 0.6 is 0 Å². The minimum absolute atomic E-state index is 0.0959. The molecule has 0 unspecified atom stereocenters. The molecule has 5 rings (SSSR count). The average molecular weight is 410 g/mol. The quantitative estimate of drug-likeness (QED) is 0.482. The first-order chi connectivity index (χ1) is 15.0. The number of rotatable bonds is 1. The molecule has 0 radical (unpaired) electrons. The lowest BCUT2D eigenvalue weighted by Gasteiger charge is -2.39. The highest BCUT2D eigenvalue weighted by Gasteiger charge is 2.36. The molecule has 31 heavy (non-hydrogen) atoms. The molecule has 0 N–H and O–H groups in total. The minimum atomic E-state index is -0.484. The molecule has 1 heterocycles. The van der Waals surface area contributed by atoms with Crippen molar-refractivity contribution in [2.45, 2.75) is 20.0 Å². The van der Waals surface area contributed by atoms with Gasteiger partial charge in [0.1, 0.15) is 0 Å². The van der Waals surface area contributed by atoms with Crippen LogP contribution in [0.3, 0.4) is 0 Å². The van der Waals surface area contributed by atoms with E-state index in [-0.39, 0.29) is 52.8 Å². The van der Waals surface area contributed by atoms with E-state index in [2.05, 4.69) is 0 Å². The maximum atomic E-state index is 13.6. The first-order valence-corrected chi connectivity index (χ1v) is 9.95. The number of fused-ring (bicyclic) bond motifs is 3. The van der Waals surface area contributed by atoms with E-state index in [0.717, 1.165) is 11.1 Å². The number of ketones is 2. The van der Waals surface area contributed by atoms with Crippen LogP contribution in [-0.2, 0) is 17.9 Å². The number of nitrogens with zero attached hydrogens (tertiary/aromatic N) is 2. The summed E-state index contributed by atoms with van der Waals surface area (Å²) >= 11 is 0. The van der Waals surface area contributed by atoms with Crippen LogP contribution in [0.5, 0.6) is 0 Å². The predicted molar refractivity (Wildman–Crippen MR) is 112 cm³/mol. The monoisotopic (exact) mass is 410 g/mol. The first kappa shape index (κ1) is 18.9. The standard InChI is InChI=1S/C25H18N2O4/c1-15(28)26-13-16-7-2-3-8-17(16)14-27(26)25(31)21-12-6-11-20-22(21)24(30)19-10-5-4-9-18(19)23(20)29/h2-12H,13-14H2,1H3. The van der Waals surface area contributed by atoms with Gasteiger partial charge in [-0.1, -0.05) is 60.7 Å². The molecular formula is C25H18N2O4. The molecule has 0 fully saturated rings. The third-order valence-corrected chi connectivity index (χ3v) is 5.83. The Hall–Kier alpha value is -4.06. The summed E-state index contributed by atoms with van der Waals surface area (Å²) in [6.07, 6.45) is 0. The van der Waals surface area contributed by atoms with Gasteiger partial charge >= 0.3 is 0 Å². The molecule has 3 aromatic carbocycles. The van der Waals surface area contributed by atoms with Crippen molar-refractivity contribution in [3.63, 3.8) is 0 Å². The third kappa shape index (κ3) is 2.87. The van der Waals surface area contributed by atoms with Gasteiger partial charge in [-0.05, 0) is 17.2 Å². The summed E-state index contributed by atoms with van der Waals surface area (Å²) in [5.41, 5.74) is 2.95. The van der Waals surface area contributed by atoms with Crippen molar-refractivity contribution in [1.82, 2.24) is 10.0 Å². The summed E-state index contributed by atoms with van der Waals surface area (Å²) in [5.74, 6) is -1.41. The van der Waals surface area contributed by atoms with Crippen LogP contribution in [0.2, 0.25) is 0 Å². The highest BCUT2D eigenvalue weighted by molar-refractivity contribution is 6.30. The van der Waals surface area contributed by atoms with Crippen molar-refractivity contribution in [3.8, 4) is 0 Å². The second-order valence-electron chi connectivity index (χ2n) is 7.64. The Morgan fingerprint density at radius 2 is 1.23 bits per heavy atom. The highest BCUT2D eigenvalue weighted by Crippen LogP contribution is 2.31. The molecule has 3 aromatic rings. The van der Waals surface area contributed by atoms with E-state index in [0.29, 0.717) is 5.56 Å². The normalized spacial score (nSPS) is 14.6. The van der Waals surface area contributed by atoms with Gasteiger partial charge in [0, 0.05) is 29.2 Å². The molecule has 6 heteroatoms. The number of benzene rings is 3. The van der Waals surface area contributed by atoms with Crippen LogP contribution in [0.15, 0.2) is 66.7 Å². The summed E-state index contributed by atoms with van der Waals surface area (Å²) in [6, 6.07) is 18.9. The van der Waals surface area contributed by atoms with Gasteiger partial charge < -0.3 is 0 Å². The number of hydrogen-bond acceptors (Lipinski definition) is 4. The Balaban J connectivity index is 1.62. The number of carbonyl (C=O) groups excluding carboxylic acids is 4. The Morgan fingerprint density at radius 3 is 1.87 bits per heavy atom. The molecule has 0 atom stereocenters. The van der Waals surface area contributed by atoms with Crippen molar-refractivity contribution in [2.24, 2.45) is 0 Å². The zero-order chi connectivity index (χ0) is 21.7. The molecule has 0 bridgehead atoms. The molecule has 1 aliphatic carbocycles. The lowest BCUT2D eigenvalue weighted by Crippen LogP contribution is -2.51. The molecule has 1 aliphatic heterocycles. The maximum absolute atomic E-state index is 13.6. The molecular weight excluding hydrogens is 392 g/mol. The number of carbonyl (C=O) groups is 4. The van der Waals surface area contributed by atoms with Gasteiger partial charge in [0.25, 0.3) is 5.91 Å². The maximum Gasteiger partial charge on any atom is 0.273 e. The van der Waals surface area contributed by atoms with E-state index < -0.39 is 5.91 Å². The van der Waals surface area contributed by atoms with Crippen LogP contribution < -0.4 is 0 Å². The van der Waals surface area contributed by atoms with Gasteiger partial charge in [-0.25, -0.2) is 10.0 Å². The Labute approximate surface area is 178 Å². The van der Waals surface area contributed by atoms with Gasteiger partial charge in [0.05, 0.1) is 18.7 Å². The van der Waals surface area contributed by atoms with Gasteiger partial charge in [-0.2, -0.15) is 0 Å². The third-order valence-electron chi connectivity index (χ3n) is 5.83. The topological polar surface area (TPSA) is 74.8 Å². The van der Waals surface area contributed by atoms with Crippen LogP contribution in [0, 0.1) is 0 Å². The fraction of sp³-hybridized carbons (Fsp3) is 0.120. The van der Waals surface area contributed by atoms with Crippen molar-refractivity contribution >= 4 is 23.4 Å². The number of hydrogen-bond donors (Lipinski definition) is 0. The van der Waals surface area contributed by atoms with Crippen LogP contribution in [0.4, 0.5) is 0 Å². The van der Waals surface area contributed by atoms with Crippen molar-refractivity contribution in [3.05, 3.63) is 106 Å². The zero-order valence-corrected chi connectivity index (χ0v) is 16.8. The van der Waals surface area contributed by atoms with Gasteiger partial charge in [-0.15, -0.1) is 0 Å². The van der Waals surface area contributed by atoms with Crippen LogP contribution in [0.25, 0.3) is 0 Å². The van der Waals surface area contributed by atoms with Gasteiger partial charge in [0.2, 0.25) is 5.91 Å². The summed E-state index contributed by atoms with van der Waals surface area (Å²) in [5, 5.41) is 2.74. The number of hydrazine groups is 1. The van der Waals surface area contributed by atoms with E-state index in [1.54, 1.807) is 42.5 Å². The second-order valence-corrected chi connectivity index (χ2v) is 7.64. The van der Waals surface area contributed by atoms with E-state index in [1.807, 2.05) is 24.3 Å². The average Bonchev–Trinajstić information content (AvgIpc) is 2.80. The smallest absolute Gasteiger partial charge is 0.273 e.